The first kappa shape index (κ1) is 8.49. The lowest BCUT2D eigenvalue weighted by atomic mass is 10.0. The molecular formula is C15H11. The monoisotopic (exact) mass is 191 g/mol. The van der Waals surface area contributed by atoms with Gasteiger partial charge in [0.05, 0.1) is 0 Å². The summed E-state index contributed by atoms with van der Waals surface area (Å²) in [5.41, 5.74) is 1.31. The van der Waals surface area contributed by atoms with Gasteiger partial charge in [-0.15, -0.1) is 0 Å². The number of hydrogen-bond acceptors (Lipinski definition) is 0. The molecule has 0 saturated carbocycles. The van der Waals surface area contributed by atoms with Gasteiger partial charge in [0.15, 0.2) is 0 Å². The van der Waals surface area contributed by atoms with Gasteiger partial charge in [0.2, 0.25) is 0 Å². The minimum atomic E-state index is 1.26. The van der Waals surface area contributed by atoms with Crippen LogP contribution in [0.5, 0.6) is 0 Å². The topological polar surface area (TPSA) is 0 Å². The molecule has 0 aliphatic rings. The van der Waals surface area contributed by atoms with Gasteiger partial charge in [-0.2, -0.15) is 0 Å². The zero-order valence-corrected chi connectivity index (χ0v) is 8.62. The predicted octanol–water partition coefficient (Wildman–Crippen LogP) is 4.10. The summed E-state index contributed by atoms with van der Waals surface area (Å²) in [5, 5.41) is 5.15. The second kappa shape index (κ2) is 3.09. The van der Waals surface area contributed by atoms with Gasteiger partial charge in [-0.25, -0.2) is 0 Å². The lowest BCUT2D eigenvalue weighted by Crippen LogP contribution is -1.77. The van der Waals surface area contributed by atoms with Crippen LogP contribution in [0.25, 0.3) is 21.5 Å². The average Bonchev–Trinajstić information content (AvgIpc) is 2.26. The van der Waals surface area contributed by atoms with E-state index in [0.717, 1.165) is 0 Å². The molecule has 0 aliphatic carbocycles. The standard InChI is InChI=1S/C15H11/c1-11-6-7-14-9-12-4-2-3-5-13(12)10-15(14)8-11/h3-10H,1H3. The smallest absolute Gasteiger partial charge is 0.0171 e. The Morgan fingerprint density at radius 3 is 2.53 bits per heavy atom. The zero-order chi connectivity index (χ0) is 10.3. The maximum Gasteiger partial charge on any atom is -0.0171 e. The van der Waals surface area contributed by atoms with Gasteiger partial charge in [-0.1, -0.05) is 35.9 Å². The van der Waals surface area contributed by atoms with Crippen LogP contribution in [0.15, 0.2) is 48.5 Å². The van der Waals surface area contributed by atoms with E-state index >= 15 is 0 Å². The summed E-state index contributed by atoms with van der Waals surface area (Å²) in [7, 11) is 0. The molecule has 0 heteroatoms. The summed E-state index contributed by atoms with van der Waals surface area (Å²) in [5.74, 6) is 0. The minimum Gasteiger partial charge on any atom is -0.0587 e. The molecule has 0 aliphatic heterocycles. The molecule has 0 unspecified atom stereocenters. The molecule has 0 spiro atoms. The van der Waals surface area contributed by atoms with Crippen LogP contribution in [0, 0.1) is 13.0 Å². The summed E-state index contributed by atoms with van der Waals surface area (Å²) < 4.78 is 0. The lowest BCUT2D eigenvalue weighted by Gasteiger charge is -2.02. The molecule has 3 aromatic rings. The van der Waals surface area contributed by atoms with Crippen LogP contribution < -0.4 is 0 Å². The molecule has 1 radical (unpaired) electrons. The van der Waals surface area contributed by atoms with Crippen molar-refractivity contribution in [2.75, 3.05) is 0 Å². The summed E-state index contributed by atoms with van der Waals surface area (Å²) >= 11 is 0. The quantitative estimate of drug-likeness (QED) is 0.469. The normalized spacial score (nSPS) is 11.0. The molecule has 0 heterocycles. The molecule has 0 N–H and O–H groups in total. The Morgan fingerprint density at radius 2 is 1.60 bits per heavy atom. The molecule has 0 aromatic heterocycles. The van der Waals surface area contributed by atoms with Crippen molar-refractivity contribution in [1.82, 2.24) is 0 Å². The van der Waals surface area contributed by atoms with Gasteiger partial charge in [0, 0.05) is 0 Å². The van der Waals surface area contributed by atoms with Crippen LogP contribution in [-0.2, 0) is 0 Å². The minimum absolute atomic E-state index is 1.26. The maximum absolute atomic E-state index is 3.11. The highest BCUT2D eigenvalue weighted by atomic mass is 14.0. The molecular weight excluding hydrogens is 180 g/mol. The highest BCUT2D eigenvalue weighted by Crippen LogP contribution is 2.23. The fraction of sp³-hybridized carbons (Fsp3) is 0.0667. The second-order valence-corrected chi connectivity index (χ2v) is 3.98. The van der Waals surface area contributed by atoms with Gasteiger partial charge in [0.1, 0.15) is 0 Å². The van der Waals surface area contributed by atoms with Crippen molar-refractivity contribution in [3.8, 4) is 0 Å². The molecule has 0 nitrogen and oxygen atoms in total. The first-order valence-corrected chi connectivity index (χ1v) is 5.13. The lowest BCUT2D eigenvalue weighted by molar-refractivity contribution is 1.51. The number of hydrogen-bond donors (Lipinski definition) is 0. The first-order valence-electron chi connectivity index (χ1n) is 5.13. The summed E-state index contributed by atoms with van der Waals surface area (Å²) in [4.78, 5) is 0. The van der Waals surface area contributed by atoms with Crippen LogP contribution in [-0.4, -0.2) is 0 Å². The molecule has 0 atom stereocenters. The van der Waals surface area contributed by atoms with Crippen LogP contribution in [0.4, 0.5) is 0 Å². The van der Waals surface area contributed by atoms with E-state index in [9.17, 15) is 0 Å². The third kappa shape index (κ3) is 1.39. The Kier molecular flexibility index (Phi) is 1.75. The molecule has 3 aromatic carbocycles. The van der Waals surface area contributed by atoms with Crippen LogP contribution in [0.3, 0.4) is 0 Å². The molecule has 15 heavy (non-hydrogen) atoms. The summed E-state index contributed by atoms with van der Waals surface area (Å²) in [6.45, 7) is 2.13. The highest BCUT2D eigenvalue weighted by molar-refractivity contribution is 5.98. The fourth-order valence-corrected chi connectivity index (χ4v) is 2.00. The summed E-state index contributed by atoms with van der Waals surface area (Å²) in [6.07, 6.45) is 0. The van der Waals surface area contributed by atoms with Crippen molar-refractivity contribution < 1.29 is 0 Å². The third-order valence-corrected chi connectivity index (χ3v) is 2.80. The Morgan fingerprint density at radius 1 is 0.800 bits per heavy atom. The second-order valence-electron chi connectivity index (χ2n) is 3.98. The third-order valence-electron chi connectivity index (χ3n) is 2.80. The van der Waals surface area contributed by atoms with E-state index in [0.29, 0.717) is 0 Å². The number of aryl methyl sites for hydroxylation is 1. The Hall–Kier alpha value is -1.82. The van der Waals surface area contributed by atoms with E-state index in [2.05, 4.69) is 49.4 Å². The number of benzene rings is 3. The van der Waals surface area contributed by atoms with E-state index in [-0.39, 0.29) is 0 Å². The highest BCUT2D eigenvalue weighted by Gasteiger charge is 1.97. The van der Waals surface area contributed by atoms with Gasteiger partial charge in [0.25, 0.3) is 0 Å². The van der Waals surface area contributed by atoms with E-state index in [4.69, 9.17) is 0 Å². The Balaban J connectivity index is 2.47. The fourth-order valence-electron chi connectivity index (χ4n) is 2.00. The van der Waals surface area contributed by atoms with Crippen molar-refractivity contribution in [1.29, 1.82) is 0 Å². The van der Waals surface area contributed by atoms with Crippen molar-refractivity contribution >= 4 is 21.5 Å². The number of fused-ring (bicyclic) bond motifs is 2. The van der Waals surface area contributed by atoms with Crippen molar-refractivity contribution in [2.24, 2.45) is 0 Å². The van der Waals surface area contributed by atoms with Crippen molar-refractivity contribution in [3.63, 3.8) is 0 Å². The molecule has 0 bridgehead atoms. The van der Waals surface area contributed by atoms with Crippen LogP contribution in [0.2, 0.25) is 0 Å². The Labute approximate surface area is 89.2 Å². The van der Waals surface area contributed by atoms with E-state index in [1.165, 1.54) is 27.1 Å². The molecule has 0 saturated heterocycles. The van der Waals surface area contributed by atoms with Crippen LogP contribution >= 0.6 is 0 Å². The first-order chi connectivity index (χ1) is 7.33. The average molecular weight is 191 g/mol. The molecule has 0 amide bonds. The molecule has 0 fully saturated rings. The number of rotatable bonds is 0. The predicted molar refractivity (Wildman–Crippen MR) is 65.0 cm³/mol. The van der Waals surface area contributed by atoms with Gasteiger partial charge in [-0.05, 0) is 52.7 Å². The van der Waals surface area contributed by atoms with Gasteiger partial charge in [-0.3, -0.25) is 0 Å². The summed E-state index contributed by atoms with van der Waals surface area (Å²) in [6, 6.07) is 20.2. The largest absolute Gasteiger partial charge is 0.0587 e. The van der Waals surface area contributed by atoms with Gasteiger partial charge < -0.3 is 0 Å². The van der Waals surface area contributed by atoms with Crippen LogP contribution in [0.1, 0.15) is 5.56 Å². The van der Waals surface area contributed by atoms with Gasteiger partial charge >= 0.3 is 0 Å². The maximum atomic E-state index is 3.11. The van der Waals surface area contributed by atoms with E-state index in [1.807, 2.05) is 12.1 Å². The van der Waals surface area contributed by atoms with Crippen molar-refractivity contribution in [2.45, 2.75) is 6.92 Å². The Bertz CT molecular complexity index is 636. The van der Waals surface area contributed by atoms with E-state index in [1.54, 1.807) is 0 Å². The zero-order valence-electron chi connectivity index (χ0n) is 8.62. The molecule has 3 rings (SSSR count). The SMILES string of the molecule is Cc1ccc2cc3c[c]ccc3cc2c1. The van der Waals surface area contributed by atoms with E-state index < -0.39 is 0 Å². The van der Waals surface area contributed by atoms with Crippen molar-refractivity contribution in [3.05, 3.63) is 60.2 Å². The molecule has 71 valence electrons.